The second kappa shape index (κ2) is 13.3. The van der Waals surface area contributed by atoms with Crippen molar-refractivity contribution < 1.29 is 29.2 Å². The molecule has 6 heteroatoms. The van der Waals surface area contributed by atoms with E-state index in [9.17, 15) is 0 Å². The van der Waals surface area contributed by atoms with Gasteiger partial charge in [-0.2, -0.15) is 0 Å². The van der Waals surface area contributed by atoms with Crippen molar-refractivity contribution in [2.24, 2.45) is 35.5 Å². The van der Waals surface area contributed by atoms with E-state index < -0.39 is 0 Å². The summed E-state index contributed by atoms with van der Waals surface area (Å²) in [5.41, 5.74) is 0.0405. The minimum absolute atomic E-state index is 0.0203. The first kappa shape index (κ1) is 31.8. The summed E-state index contributed by atoms with van der Waals surface area (Å²) in [7, 11) is 2.00. The van der Waals surface area contributed by atoms with Crippen LogP contribution in [0, 0.1) is 35.5 Å². The van der Waals surface area contributed by atoms with Gasteiger partial charge in [0, 0.05) is 26.1 Å². The second-order valence-corrected chi connectivity index (χ2v) is 12.1. The number of aliphatic hydroxyl groups is 2. The smallest absolute Gasteiger partial charge is 0.0978 e. The van der Waals surface area contributed by atoms with E-state index >= 15 is 0 Å². The van der Waals surface area contributed by atoms with Crippen molar-refractivity contribution in [3.05, 3.63) is 0 Å². The van der Waals surface area contributed by atoms with Crippen molar-refractivity contribution in [3.8, 4) is 0 Å². The standard InChI is InChI=1S/2C13H24O2.2CH4O/c2*1-8(2)6-13-7-14-12(10(5)15-13)11(13)9(3)4;2*1-2/h2*8-12H,6-7H2,1-5H3;2*2H,1H3. The summed E-state index contributed by atoms with van der Waals surface area (Å²) in [6.45, 7) is 24.2. The SMILES string of the molecule is CC(C)CC12COC(C(C)O1)C2C(C)C.CC(C)CC12COC(C(C)O1)C2C(C)C.CO.CO. The van der Waals surface area contributed by atoms with Gasteiger partial charge in [-0.05, 0) is 50.4 Å². The molecule has 4 saturated heterocycles. The zero-order valence-corrected chi connectivity index (χ0v) is 24.1. The van der Waals surface area contributed by atoms with E-state index in [0.29, 0.717) is 47.7 Å². The van der Waals surface area contributed by atoms with E-state index in [1.54, 1.807) is 0 Å². The molecule has 4 bridgehead atoms. The van der Waals surface area contributed by atoms with Crippen LogP contribution >= 0.6 is 0 Å². The molecule has 6 nitrogen and oxygen atoms in total. The van der Waals surface area contributed by atoms with E-state index in [0.717, 1.165) is 40.3 Å². The Hall–Kier alpha value is -0.240. The summed E-state index contributed by atoms with van der Waals surface area (Å²) in [4.78, 5) is 0. The largest absolute Gasteiger partial charge is 0.400 e. The van der Waals surface area contributed by atoms with Crippen molar-refractivity contribution >= 4 is 0 Å². The maximum Gasteiger partial charge on any atom is 0.0978 e. The zero-order chi connectivity index (χ0) is 26.4. The van der Waals surface area contributed by atoms with Crippen LogP contribution in [0.1, 0.15) is 82.1 Å². The van der Waals surface area contributed by atoms with Crippen LogP contribution in [0.25, 0.3) is 0 Å². The first-order valence-corrected chi connectivity index (χ1v) is 13.4. The molecule has 4 fully saturated rings. The van der Waals surface area contributed by atoms with Gasteiger partial charge in [-0.25, -0.2) is 0 Å². The van der Waals surface area contributed by atoms with Gasteiger partial charge >= 0.3 is 0 Å². The summed E-state index contributed by atoms with van der Waals surface area (Å²) in [5, 5.41) is 14.0. The van der Waals surface area contributed by atoms with Crippen LogP contribution in [-0.2, 0) is 18.9 Å². The fourth-order valence-electron chi connectivity index (χ4n) is 7.27. The number of hydrogen-bond acceptors (Lipinski definition) is 6. The highest BCUT2D eigenvalue weighted by Gasteiger charge is 2.61. The molecule has 0 radical (unpaired) electrons. The lowest BCUT2D eigenvalue weighted by atomic mass is 9.76. The van der Waals surface area contributed by atoms with Crippen LogP contribution in [0.3, 0.4) is 0 Å². The minimum atomic E-state index is 0.0203. The second-order valence-electron chi connectivity index (χ2n) is 12.1. The monoisotopic (exact) mass is 488 g/mol. The maximum absolute atomic E-state index is 7.00. The Balaban J connectivity index is 0.000000297. The molecule has 204 valence electrons. The van der Waals surface area contributed by atoms with Gasteiger partial charge in [-0.3, -0.25) is 0 Å². The summed E-state index contributed by atoms with van der Waals surface area (Å²) in [6, 6.07) is 0. The van der Waals surface area contributed by atoms with E-state index in [1.807, 2.05) is 0 Å². The Morgan fingerprint density at radius 3 is 1.12 bits per heavy atom. The molecule has 8 unspecified atom stereocenters. The molecule has 4 heterocycles. The fraction of sp³-hybridized carbons (Fsp3) is 1.00. The lowest BCUT2D eigenvalue weighted by Crippen LogP contribution is -2.40. The zero-order valence-electron chi connectivity index (χ0n) is 24.1. The van der Waals surface area contributed by atoms with Crippen LogP contribution in [-0.4, -0.2) is 73.3 Å². The van der Waals surface area contributed by atoms with Crippen LogP contribution < -0.4 is 0 Å². The van der Waals surface area contributed by atoms with Gasteiger partial charge in [0.2, 0.25) is 0 Å². The van der Waals surface area contributed by atoms with Crippen molar-refractivity contribution in [1.29, 1.82) is 0 Å². The number of hydrogen-bond donors (Lipinski definition) is 2. The van der Waals surface area contributed by atoms with Gasteiger partial charge in [0.05, 0.1) is 48.8 Å². The summed E-state index contributed by atoms with van der Waals surface area (Å²) >= 11 is 0. The van der Waals surface area contributed by atoms with Gasteiger partial charge < -0.3 is 29.2 Å². The van der Waals surface area contributed by atoms with Gasteiger partial charge in [0.1, 0.15) is 0 Å². The van der Waals surface area contributed by atoms with Gasteiger partial charge in [0.15, 0.2) is 0 Å². The van der Waals surface area contributed by atoms with Crippen molar-refractivity contribution in [3.63, 3.8) is 0 Å². The molecule has 34 heavy (non-hydrogen) atoms. The van der Waals surface area contributed by atoms with E-state index in [1.165, 1.54) is 0 Å². The first-order valence-electron chi connectivity index (χ1n) is 13.4. The predicted octanol–water partition coefficient (Wildman–Crippen LogP) is 4.94. The van der Waals surface area contributed by atoms with Crippen LogP contribution in [0.2, 0.25) is 0 Å². The molecule has 4 aliphatic rings. The van der Waals surface area contributed by atoms with Crippen LogP contribution in [0.4, 0.5) is 0 Å². The lowest BCUT2D eigenvalue weighted by molar-refractivity contribution is -0.143. The van der Waals surface area contributed by atoms with E-state index in [4.69, 9.17) is 29.2 Å². The summed E-state index contributed by atoms with van der Waals surface area (Å²) < 4.78 is 24.2. The Morgan fingerprint density at radius 1 is 0.618 bits per heavy atom. The molecular weight excluding hydrogens is 432 g/mol. The normalized spacial score (nSPS) is 39.7. The average molecular weight is 489 g/mol. The van der Waals surface area contributed by atoms with Crippen molar-refractivity contribution in [2.45, 2.75) is 118 Å². The molecule has 0 aliphatic carbocycles. The highest BCUT2D eigenvalue weighted by Crippen LogP contribution is 2.52. The fourth-order valence-corrected chi connectivity index (χ4v) is 7.27. The Kier molecular flexibility index (Phi) is 12.5. The molecule has 2 N–H and O–H groups in total. The Morgan fingerprint density at radius 2 is 0.912 bits per heavy atom. The molecule has 0 aromatic heterocycles. The van der Waals surface area contributed by atoms with Gasteiger partial charge in [-0.15, -0.1) is 0 Å². The van der Waals surface area contributed by atoms with Crippen LogP contribution in [0.15, 0.2) is 0 Å². The number of rotatable bonds is 6. The highest BCUT2D eigenvalue weighted by molar-refractivity contribution is 5.08. The molecule has 4 rings (SSSR count). The minimum Gasteiger partial charge on any atom is -0.400 e. The molecule has 0 aromatic rings. The quantitative estimate of drug-likeness (QED) is 0.551. The molecule has 4 aliphatic heterocycles. The topological polar surface area (TPSA) is 77.4 Å². The highest BCUT2D eigenvalue weighted by atomic mass is 16.6. The van der Waals surface area contributed by atoms with Gasteiger partial charge in [-0.1, -0.05) is 55.4 Å². The summed E-state index contributed by atoms with van der Waals surface area (Å²) in [5.74, 6) is 3.85. The third kappa shape index (κ3) is 6.54. The Bertz CT molecular complexity index is 529. The number of fused-ring (bicyclic) bond motifs is 4. The lowest BCUT2D eigenvalue weighted by Gasteiger charge is -2.34. The van der Waals surface area contributed by atoms with Crippen LogP contribution in [0.5, 0.6) is 0 Å². The molecule has 8 atom stereocenters. The predicted molar refractivity (Wildman–Crippen MR) is 138 cm³/mol. The molecule has 0 amide bonds. The number of ether oxygens (including phenoxy) is 4. The van der Waals surface area contributed by atoms with Crippen molar-refractivity contribution in [1.82, 2.24) is 0 Å². The molecular formula is C28H56O6. The molecule has 0 spiro atoms. The molecule has 0 aromatic carbocycles. The third-order valence-electron chi connectivity index (χ3n) is 7.67. The van der Waals surface area contributed by atoms with Gasteiger partial charge in [0.25, 0.3) is 0 Å². The first-order chi connectivity index (χ1) is 15.9. The maximum atomic E-state index is 7.00. The van der Waals surface area contributed by atoms with E-state index in [-0.39, 0.29) is 23.4 Å². The average Bonchev–Trinajstić information content (AvgIpc) is 3.43. The third-order valence-corrected chi connectivity index (χ3v) is 7.67. The van der Waals surface area contributed by atoms with E-state index in [2.05, 4.69) is 69.2 Å². The summed E-state index contributed by atoms with van der Waals surface area (Å²) in [6.07, 6.45) is 3.51. The Labute approximate surface area is 210 Å². The number of aliphatic hydroxyl groups excluding tert-OH is 2. The molecule has 0 saturated carbocycles. The van der Waals surface area contributed by atoms with Crippen molar-refractivity contribution in [2.75, 3.05) is 27.4 Å².